The summed E-state index contributed by atoms with van der Waals surface area (Å²) in [5.41, 5.74) is 0.862. The Morgan fingerprint density at radius 2 is 2.43 bits per heavy atom. The number of amides is 2. The summed E-state index contributed by atoms with van der Waals surface area (Å²) in [5, 5.41) is 6.65. The molecule has 6 nitrogen and oxygen atoms in total. The topological polar surface area (TPSA) is 76.0 Å². The van der Waals surface area contributed by atoms with Gasteiger partial charge in [-0.25, -0.2) is 4.98 Å². The number of nitrogens with zero attached hydrogens (tertiary/aromatic N) is 2. The van der Waals surface area contributed by atoms with Crippen molar-refractivity contribution in [1.29, 1.82) is 0 Å². The summed E-state index contributed by atoms with van der Waals surface area (Å²) in [5.74, 6) is 1.43. The van der Waals surface area contributed by atoms with Crippen molar-refractivity contribution >= 4 is 35.3 Å². The monoisotopic (exact) mass is 326 g/mol. The lowest BCUT2D eigenvalue weighted by Crippen LogP contribution is -2.57. The maximum Gasteiger partial charge on any atom is 0.243 e. The van der Waals surface area contributed by atoms with Gasteiger partial charge < -0.3 is 15.2 Å². The molecule has 1 fully saturated rings. The van der Waals surface area contributed by atoms with Gasteiger partial charge in [-0.2, -0.15) is 0 Å². The molecule has 2 aliphatic heterocycles. The number of imidazole rings is 1. The van der Waals surface area contributed by atoms with Crippen LogP contribution in [0.15, 0.2) is 11.4 Å². The molecule has 114 valence electrons. The fourth-order valence-electron chi connectivity index (χ4n) is 2.22. The number of thioether (sulfide) groups is 2. The smallest absolute Gasteiger partial charge is 0.243 e. The summed E-state index contributed by atoms with van der Waals surface area (Å²) < 4.78 is 1.64. The molecule has 1 aromatic rings. The van der Waals surface area contributed by atoms with Gasteiger partial charge in [0, 0.05) is 24.2 Å². The molecule has 3 heterocycles. The maximum absolute atomic E-state index is 12.1. The van der Waals surface area contributed by atoms with Crippen molar-refractivity contribution in [3.63, 3.8) is 0 Å². The van der Waals surface area contributed by atoms with Gasteiger partial charge in [-0.3, -0.25) is 9.59 Å². The van der Waals surface area contributed by atoms with Crippen LogP contribution in [0.3, 0.4) is 0 Å². The number of hydrogen-bond acceptors (Lipinski definition) is 5. The summed E-state index contributed by atoms with van der Waals surface area (Å²) in [4.78, 5) is 28.5. The van der Waals surface area contributed by atoms with Crippen LogP contribution in [0, 0.1) is 0 Å². The van der Waals surface area contributed by atoms with Gasteiger partial charge in [-0.05, 0) is 13.8 Å². The quantitative estimate of drug-likeness (QED) is 0.851. The second-order valence-electron chi connectivity index (χ2n) is 5.62. The number of carbonyl (C=O) groups excluding carboxylic acids is 2. The van der Waals surface area contributed by atoms with E-state index in [1.54, 1.807) is 11.8 Å². The molecule has 0 saturated carbocycles. The van der Waals surface area contributed by atoms with Crippen molar-refractivity contribution in [2.75, 3.05) is 11.5 Å². The normalized spacial score (nSPS) is 23.5. The summed E-state index contributed by atoms with van der Waals surface area (Å²) in [6.07, 6.45) is 1.98. The van der Waals surface area contributed by atoms with E-state index in [9.17, 15) is 9.59 Å². The minimum Gasteiger partial charge on any atom is -0.349 e. The van der Waals surface area contributed by atoms with Crippen LogP contribution in [0.2, 0.25) is 0 Å². The van der Waals surface area contributed by atoms with Crippen LogP contribution in [-0.4, -0.2) is 43.7 Å². The average Bonchev–Trinajstić information content (AvgIpc) is 3.00. The summed E-state index contributed by atoms with van der Waals surface area (Å²) in [6, 6.07) is -0.459. The molecule has 0 radical (unpaired) electrons. The molecule has 2 N–H and O–H groups in total. The Hall–Kier alpha value is -1.15. The molecule has 1 saturated heterocycles. The molecule has 0 bridgehead atoms. The van der Waals surface area contributed by atoms with Crippen molar-refractivity contribution in [3.8, 4) is 0 Å². The highest BCUT2D eigenvalue weighted by atomic mass is 32.2. The SMILES string of the molecule is CC1(C)SC[C@H](C(=O)NCc2cn3c(n2)SCC3)NC1=O. The van der Waals surface area contributed by atoms with Crippen molar-refractivity contribution in [1.82, 2.24) is 20.2 Å². The van der Waals surface area contributed by atoms with E-state index in [-0.39, 0.29) is 11.8 Å². The first kappa shape index (κ1) is 14.8. The second-order valence-corrected chi connectivity index (χ2v) is 8.33. The highest BCUT2D eigenvalue weighted by molar-refractivity contribution is 8.01. The minimum absolute atomic E-state index is 0.0868. The Labute approximate surface area is 131 Å². The molecule has 8 heteroatoms. The number of fused-ring (bicyclic) bond motifs is 1. The first-order valence-electron chi connectivity index (χ1n) is 6.87. The maximum atomic E-state index is 12.1. The molecular formula is C13H18N4O2S2. The molecule has 0 aromatic carbocycles. The van der Waals surface area contributed by atoms with Crippen molar-refractivity contribution in [2.24, 2.45) is 0 Å². The van der Waals surface area contributed by atoms with Crippen LogP contribution >= 0.6 is 23.5 Å². The van der Waals surface area contributed by atoms with Crippen molar-refractivity contribution in [3.05, 3.63) is 11.9 Å². The van der Waals surface area contributed by atoms with E-state index in [1.807, 2.05) is 20.0 Å². The third-order valence-corrected chi connectivity index (χ3v) is 5.95. The lowest BCUT2D eigenvalue weighted by atomic mass is 10.1. The molecule has 0 unspecified atom stereocenters. The van der Waals surface area contributed by atoms with Crippen molar-refractivity contribution in [2.45, 2.75) is 42.9 Å². The minimum atomic E-state index is -0.460. The van der Waals surface area contributed by atoms with Gasteiger partial charge in [0.2, 0.25) is 11.8 Å². The van der Waals surface area contributed by atoms with Crippen LogP contribution in [0.5, 0.6) is 0 Å². The van der Waals surface area contributed by atoms with E-state index < -0.39 is 10.8 Å². The third-order valence-electron chi connectivity index (χ3n) is 3.58. The molecule has 0 aliphatic carbocycles. The second kappa shape index (κ2) is 5.57. The van der Waals surface area contributed by atoms with E-state index in [4.69, 9.17) is 0 Å². The zero-order valence-electron chi connectivity index (χ0n) is 12.0. The van der Waals surface area contributed by atoms with Gasteiger partial charge in [0.15, 0.2) is 5.16 Å². The number of carbonyl (C=O) groups is 2. The van der Waals surface area contributed by atoms with Crippen LogP contribution in [0.1, 0.15) is 19.5 Å². The third kappa shape index (κ3) is 3.06. The molecule has 3 rings (SSSR count). The van der Waals surface area contributed by atoms with Gasteiger partial charge in [-0.1, -0.05) is 11.8 Å². The molecule has 2 amide bonds. The predicted octanol–water partition coefficient (Wildman–Crippen LogP) is 0.615. The van der Waals surface area contributed by atoms with Gasteiger partial charge >= 0.3 is 0 Å². The number of nitrogens with one attached hydrogen (secondary N) is 2. The highest BCUT2D eigenvalue weighted by Gasteiger charge is 2.37. The average molecular weight is 326 g/mol. The van der Waals surface area contributed by atoms with Gasteiger partial charge in [0.05, 0.1) is 17.0 Å². The molecule has 21 heavy (non-hydrogen) atoms. The van der Waals surface area contributed by atoms with E-state index in [2.05, 4.69) is 20.2 Å². The molecule has 1 aromatic heterocycles. The van der Waals surface area contributed by atoms with Crippen LogP contribution in [0.4, 0.5) is 0 Å². The number of hydrogen-bond donors (Lipinski definition) is 2. The predicted molar refractivity (Wildman–Crippen MR) is 83.3 cm³/mol. The van der Waals surface area contributed by atoms with Gasteiger partial charge in [0.25, 0.3) is 0 Å². The van der Waals surface area contributed by atoms with Crippen LogP contribution in [-0.2, 0) is 22.7 Å². The molecule has 2 aliphatic rings. The molecule has 1 atom stereocenters. The highest BCUT2D eigenvalue weighted by Crippen LogP contribution is 2.29. The largest absolute Gasteiger partial charge is 0.349 e. The Morgan fingerprint density at radius 1 is 1.62 bits per heavy atom. The summed E-state index contributed by atoms with van der Waals surface area (Å²) in [6.45, 7) is 5.11. The molecular weight excluding hydrogens is 308 g/mol. The standard InChI is InChI=1S/C13H18N4O2S2/c1-13(2)11(19)16-9(7-21-13)10(18)14-5-8-6-17-3-4-20-12(17)15-8/h6,9H,3-5,7H2,1-2H3,(H,14,18)(H,16,19)/t9-/m1/s1. The summed E-state index contributed by atoms with van der Waals surface area (Å²) >= 11 is 3.24. The Bertz CT molecular complexity index is 563. The number of aryl methyl sites for hydroxylation is 1. The van der Waals surface area contributed by atoms with Crippen LogP contribution < -0.4 is 10.6 Å². The molecule has 0 spiro atoms. The van der Waals surface area contributed by atoms with Crippen LogP contribution in [0.25, 0.3) is 0 Å². The van der Waals surface area contributed by atoms with E-state index in [1.165, 1.54) is 11.8 Å². The Morgan fingerprint density at radius 3 is 3.14 bits per heavy atom. The lowest BCUT2D eigenvalue weighted by molar-refractivity contribution is -0.129. The lowest BCUT2D eigenvalue weighted by Gasteiger charge is -2.32. The zero-order valence-corrected chi connectivity index (χ0v) is 13.6. The number of rotatable bonds is 3. The van der Waals surface area contributed by atoms with E-state index in [0.29, 0.717) is 12.3 Å². The fraction of sp³-hybridized carbons (Fsp3) is 0.615. The Kier molecular flexibility index (Phi) is 3.92. The van der Waals surface area contributed by atoms with Gasteiger partial charge in [-0.15, -0.1) is 11.8 Å². The first-order valence-corrected chi connectivity index (χ1v) is 8.84. The Balaban J connectivity index is 1.53. The summed E-state index contributed by atoms with van der Waals surface area (Å²) in [7, 11) is 0. The first-order chi connectivity index (χ1) is 9.95. The van der Waals surface area contributed by atoms with E-state index in [0.717, 1.165) is 23.1 Å². The van der Waals surface area contributed by atoms with Crippen molar-refractivity contribution < 1.29 is 9.59 Å². The van der Waals surface area contributed by atoms with E-state index >= 15 is 0 Å². The fourth-order valence-corrected chi connectivity index (χ4v) is 4.19. The van der Waals surface area contributed by atoms with Gasteiger partial charge in [0.1, 0.15) is 6.04 Å². The number of aromatic nitrogens is 2. The zero-order chi connectivity index (χ0) is 15.0.